The third kappa shape index (κ3) is 4.10. The lowest BCUT2D eigenvalue weighted by molar-refractivity contribution is 0.150. The lowest BCUT2D eigenvalue weighted by atomic mass is 10.2. The Morgan fingerprint density at radius 2 is 1.95 bits per heavy atom. The van der Waals surface area contributed by atoms with E-state index < -0.39 is 0 Å². The molecule has 0 bridgehead atoms. The summed E-state index contributed by atoms with van der Waals surface area (Å²) in [5.74, 6) is 0.909. The summed E-state index contributed by atoms with van der Waals surface area (Å²) in [5, 5.41) is 0. The summed E-state index contributed by atoms with van der Waals surface area (Å²) in [4.78, 5) is 4.79. The Bertz CT molecular complexity index is 406. The molecule has 0 spiro atoms. The minimum atomic E-state index is 0.100. The van der Waals surface area contributed by atoms with Crippen molar-refractivity contribution in [2.24, 2.45) is 5.73 Å². The van der Waals surface area contributed by atoms with Gasteiger partial charge in [0.25, 0.3) is 0 Å². The Kier molecular flexibility index (Phi) is 5.64. The zero-order valence-electron chi connectivity index (χ0n) is 12.4. The lowest BCUT2D eigenvalue weighted by Gasteiger charge is -2.37. The minimum absolute atomic E-state index is 0.100. The van der Waals surface area contributed by atoms with Crippen molar-refractivity contribution >= 4 is 5.69 Å². The number of methoxy groups -OCH3 is 2. The van der Waals surface area contributed by atoms with E-state index in [1.54, 1.807) is 14.2 Å². The molecule has 1 saturated heterocycles. The van der Waals surface area contributed by atoms with Gasteiger partial charge in [0.15, 0.2) is 0 Å². The average molecular weight is 279 g/mol. The van der Waals surface area contributed by atoms with E-state index in [0.717, 1.165) is 38.5 Å². The first-order valence-electron chi connectivity index (χ1n) is 7.09. The number of benzene rings is 1. The number of rotatable bonds is 6. The van der Waals surface area contributed by atoms with E-state index in [9.17, 15) is 0 Å². The van der Waals surface area contributed by atoms with Gasteiger partial charge >= 0.3 is 0 Å². The molecule has 5 nitrogen and oxygen atoms in total. The second-order valence-corrected chi connectivity index (χ2v) is 5.20. The van der Waals surface area contributed by atoms with Gasteiger partial charge in [-0.3, -0.25) is 4.90 Å². The summed E-state index contributed by atoms with van der Waals surface area (Å²) in [5.41, 5.74) is 7.23. The van der Waals surface area contributed by atoms with Crippen LogP contribution in [0.5, 0.6) is 5.75 Å². The Hall–Kier alpha value is -1.30. The van der Waals surface area contributed by atoms with Gasteiger partial charge in [0, 0.05) is 57.6 Å². The molecule has 2 N–H and O–H groups in total. The predicted molar refractivity (Wildman–Crippen MR) is 81.5 cm³/mol. The Balaban J connectivity index is 1.84. The Labute approximate surface area is 121 Å². The van der Waals surface area contributed by atoms with Crippen LogP contribution in [0.1, 0.15) is 0 Å². The maximum atomic E-state index is 6.00. The number of nitrogens with zero attached hydrogens (tertiary/aromatic N) is 2. The highest BCUT2D eigenvalue weighted by atomic mass is 16.5. The first-order chi connectivity index (χ1) is 9.72. The first kappa shape index (κ1) is 15.1. The van der Waals surface area contributed by atoms with Crippen molar-refractivity contribution in [2.75, 3.05) is 58.5 Å². The monoisotopic (exact) mass is 279 g/mol. The van der Waals surface area contributed by atoms with Crippen LogP contribution in [-0.4, -0.2) is 64.5 Å². The van der Waals surface area contributed by atoms with E-state index in [2.05, 4.69) is 21.9 Å². The van der Waals surface area contributed by atoms with Crippen molar-refractivity contribution in [1.82, 2.24) is 4.90 Å². The molecule has 1 unspecified atom stereocenters. The Morgan fingerprint density at radius 3 is 2.60 bits per heavy atom. The van der Waals surface area contributed by atoms with Gasteiger partial charge in [0.1, 0.15) is 5.75 Å². The highest BCUT2D eigenvalue weighted by Crippen LogP contribution is 2.22. The summed E-state index contributed by atoms with van der Waals surface area (Å²) >= 11 is 0. The lowest BCUT2D eigenvalue weighted by Crippen LogP contribution is -2.50. The molecule has 1 aromatic rings. The van der Waals surface area contributed by atoms with Crippen molar-refractivity contribution in [1.29, 1.82) is 0 Å². The summed E-state index contributed by atoms with van der Waals surface area (Å²) in [7, 11) is 3.40. The molecule has 0 radical (unpaired) electrons. The Morgan fingerprint density at radius 1 is 1.20 bits per heavy atom. The van der Waals surface area contributed by atoms with Crippen LogP contribution >= 0.6 is 0 Å². The zero-order valence-corrected chi connectivity index (χ0v) is 12.4. The van der Waals surface area contributed by atoms with Crippen molar-refractivity contribution in [3.8, 4) is 5.75 Å². The predicted octanol–water partition coefficient (Wildman–Crippen LogP) is 0.791. The highest BCUT2D eigenvalue weighted by molar-refractivity contribution is 5.51. The summed E-state index contributed by atoms with van der Waals surface area (Å²) in [6.45, 7) is 5.64. The third-order valence-electron chi connectivity index (χ3n) is 3.66. The fraction of sp³-hybridized carbons (Fsp3) is 0.600. The van der Waals surface area contributed by atoms with Gasteiger partial charge in [0.05, 0.1) is 13.7 Å². The number of piperazine rings is 1. The smallest absolute Gasteiger partial charge is 0.120 e. The first-order valence-corrected chi connectivity index (χ1v) is 7.09. The molecule has 0 amide bonds. The molecule has 1 atom stereocenters. The summed E-state index contributed by atoms with van der Waals surface area (Å²) in [6.07, 6.45) is 0. The van der Waals surface area contributed by atoms with Gasteiger partial charge in [-0.1, -0.05) is 6.07 Å². The molecular formula is C15H25N3O2. The SMILES string of the molecule is COCC(N)CN1CCN(c2cccc(OC)c2)CC1. The third-order valence-corrected chi connectivity index (χ3v) is 3.66. The molecular weight excluding hydrogens is 254 g/mol. The van der Waals surface area contributed by atoms with E-state index in [0.29, 0.717) is 6.61 Å². The molecule has 5 heteroatoms. The van der Waals surface area contributed by atoms with E-state index in [-0.39, 0.29) is 6.04 Å². The fourth-order valence-corrected chi connectivity index (χ4v) is 2.59. The molecule has 1 aromatic carbocycles. The fourth-order valence-electron chi connectivity index (χ4n) is 2.59. The molecule has 20 heavy (non-hydrogen) atoms. The summed E-state index contributed by atoms with van der Waals surface area (Å²) in [6, 6.07) is 8.34. The molecule has 0 aliphatic carbocycles. The number of hydrogen-bond acceptors (Lipinski definition) is 5. The minimum Gasteiger partial charge on any atom is -0.497 e. The zero-order chi connectivity index (χ0) is 14.4. The number of anilines is 1. The summed E-state index contributed by atoms with van der Waals surface area (Å²) < 4.78 is 10.4. The van der Waals surface area contributed by atoms with Crippen molar-refractivity contribution in [3.05, 3.63) is 24.3 Å². The van der Waals surface area contributed by atoms with Crippen molar-refractivity contribution in [3.63, 3.8) is 0 Å². The standard InChI is InChI=1S/C15H25N3O2/c1-19-12-13(16)11-17-6-8-18(9-7-17)14-4-3-5-15(10-14)20-2/h3-5,10,13H,6-9,11-12,16H2,1-2H3. The van der Waals surface area contributed by atoms with Crippen LogP contribution in [0.2, 0.25) is 0 Å². The van der Waals surface area contributed by atoms with E-state index >= 15 is 0 Å². The highest BCUT2D eigenvalue weighted by Gasteiger charge is 2.19. The van der Waals surface area contributed by atoms with Gasteiger partial charge in [-0.05, 0) is 12.1 Å². The number of hydrogen-bond donors (Lipinski definition) is 1. The largest absolute Gasteiger partial charge is 0.497 e. The van der Waals surface area contributed by atoms with Crippen molar-refractivity contribution in [2.45, 2.75) is 6.04 Å². The van der Waals surface area contributed by atoms with E-state index in [1.165, 1.54) is 5.69 Å². The number of ether oxygens (including phenoxy) is 2. The molecule has 112 valence electrons. The van der Waals surface area contributed by atoms with Gasteiger partial charge in [-0.2, -0.15) is 0 Å². The van der Waals surface area contributed by atoms with Crippen LogP contribution in [0.4, 0.5) is 5.69 Å². The topological polar surface area (TPSA) is 51.0 Å². The van der Waals surface area contributed by atoms with Crippen LogP contribution < -0.4 is 15.4 Å². The van der Waals surface area contributed by atoms with Crippen LogP contribution in [0.3, 0.4) is 0 Å². The number of nitrogens with two attached hydrogens (primary N) is 1. The van der Waals surface area contributed by atoms with Gasteiger partial charge in [0.2, 0.25) is 0 Å². The maximum absolute atomic E-state index is 6.00. The van der Waals surface area contributed by atoms with Gasteiger partial charge in [-0.15, -0.1) is 0 Å². The van der Waals surface area contributed by atoms with Crippen LogP contribution in [0.15, 0.2) is 24.3 Å². The van der Waals surface area contributed by atoms with Crippen molar-refractivity contribution < 1.29 is 9.47 Å². The maximum Gasteiger partial charge on any atom is 0.120 e. The molecule has 1 aliphatic heterocycles. The molecule has 1 fully saturated rings. The van der Waals surface area contributed by atoms with Crippen LogP contribution in [-0.2, 0) is 4.74 Å². The second kappa shape index (κ2) is 7.47. The van der Waals surface area contributed by atoms with E-state index in [4.69, 9.17) is 15.2 Å². The molecule has 0 saturated carbocycles. The molecule has 2 rings (SSSR count). The van der Waals surface area contributed by atoms with E-state index in [1.807, 2.05) is 12.1 Å². The second-order valence-electron chi connectivity index (χ2n) is 5.20. The van der Waals surface area contributed by atoms with Gasteiger partial charge in [-0.25, -0.2) is 0 Å². The van der Waals surface area contributed by atoms with Crippen LogP contribution in [0.25, 0.3) is 0 Å². The normalized spacial score (nSPS) is 18.1. The van der Waals surface area contributed by atoms with Crippen LogP contribution in [0, 0.1) is 0 Å². The molecule has 1 heterocycles. The molecule has 1 aliphatic rings. The van der Waals surface area contributed by atoms with Gasteiger partial charge < -0.3 is 20.1 Å². The molecule has 0 aromatic heterocycles. The average Bonchev–Trinajstić information content (AvgIpc) is 2.48. The quantitative estimate of drug-likeness (QED) is 0.834.